The third-order valence-electron chi connectivity index (χ3n) is 5.21. The lowest BCUT2D eigenvalue weighted by atomic mass is 9.79. The molecule has 2 fully saturated rings. The standard InChI is InChI=1S/C18H27ClN2.2ClH/c1-14-6-5-9-16(19)17(14)18(15-7-3-2-4-8-15)21-12-10-20-11-13-21;;/h5-6,9,15,18,20H,2-4,7-8,10-13H2,1H3;2*1H/t18-;;/m1../s1. The third-order valence-corrected chi connectivity index (χ3v) is 5.54. The zero-order valence-electron chi connectivity index (χ0n) is 13.9. The Labute approximate surface area is 158 Å². The normalized spacial score (nSPS) is 21.1. The average molecular weight is 380 g/mol. The Bertz CT molecular complexity index is 431. The summed E-state index contributed by atoms with van der Waals surface area (Å²) in [6.07, 6.45) is 6.90. The van der Waals surface area contributed by atoms with Crippen LogP contribution in [0.3, 0.4) is 0 Å². The van der Waals surface area contributed by atoms with E-state index in [-0.39, 0.29) is 24.8 Å². The number of rotatable bonds is 3. The number of halogens is 3. The SMILES string of the molecule is Cc1cccc(Cl)c1[C@@H](C1CCCCC1)N1CCNCC1.Cl.Cl. The zero-order chi connectivity index (χ0) is 14.7. The molecule has 2 aliphatic rings. The molecule has 1 heterocycles. The van der Waals surface area contributed by atoms with Crippen LogP contribution >= 0.6 is 36.4 Å². The van der Waals surface area contributed by atoms with Crippen molar-refractivity contribution in [2.24, 2.45) is 5.92 Å². The highest BCUT2D eigenvalue weighted by Crippen LogP contribution is 2.42. The number of piperazine rings is 1. The highest BCUT2D eigenvalue weighted by molar-refractivity contribution is 6.31. The molecule has 23 heavy (non-hydrogen) atoms. The summed E-state index contributed by atoms with van der Waals surface area (Å²) >= 11 is 6.62. The predicted octanol–water partition coefficient (Wildman–Crippen LogP) is 5.02. The fourth-order valence-electron chi connectivity index (χ4n) is 4.15. The van der Waals surface area contributed by atoms with Gasteiger partial charge in [0.1, 0.15) is 0 Å². The molecular formula is C18H29Cl3N2. The Kier molecular flexibility index (Phi) is 9.25. The van der Waals surface area contributed by atoms with E-state index in [1.807, 2.05) is 0 Å². The van der Waals surface area contributed by atoms with Crippen molar-refractivity contribution in [3.05, 3.63) is 34.3 Å². The van der Waals surface area contributed by atoms with Crippen molar-refractivity contribution < 1.29 is 0 Å². The summed E-state index contributed by atoms with van der Waals surface area (Å²) in [5.74, 6) is 0.774. The van der Waals surface area contributed by atoms with Crippen LogP contribution in [0.5, 0.6) is 0 Å². The van der Waals surface area contributed by atoms with Gasteiger partial charge in [0.2, 0.25) is 0 Å². The van der Waals surface area contributed by atoms with Gasteiger partial charge >= 0.3 is 0 Å². The lowest BCUT2D eigenvalue weighted by molar-refractivity contribution is 0.103. The monoisotopic (exact) mass is 378 g/mol. The van der Waals surface area contributed by atoms with Crippen molar-refractivity contribution >= 4 is 36.4 Å². The van der Waals surface area contributed by atoms with Crippen molar-refractivity contribution in [3.8, 4) is 0 Å². The average Bonchev–Trinajstić information content (AvgIpc) is 2.53. The van der Waals surface area contributed by atoms with Gasteiger partial charge in [-0.15, -0.1) is 24.8 Å². The zero-order valence-corrected chi connectivity index (χ0v) is 16.3. The van der Waals surface area contributed by atoms with E-state index in [1.54, 1.807) is 0 Å². The van der Waals surface area contributed by atoms with E-state index in [4.69, 9.17) is 11.6 Å². The van der Waals surface area contributed by atoms with Crippen LogP contribution in [0.25, 0.3) is 0 Å². The van der Waals surface area contributed by atoms with Crippen LogP contribution in [0.1, 0.15) is 49.3 Å². The fraction of sp³-hybridized carbons (Fsp3) is 0.667. The second-order valence-electron chi connectivity index (χ2n) is 6.60. The third kappa shape index (κ3) is 4.99. The summed E-state index contributed by atoms with van der Waals surface area (Å²) in [7, 11) is 0. The molecule has 0 spiro atoms. The first-order valence-electron chi connectivity index (χ1n) is 8.47. The van der Waals surface area contributed by atoms with Crippen molar-refractivity contribution in [2.75, 3.05) is 26.2 Å². The van der Waals surface area contributed by atoms with Crippen LogP contribution < -0.4 is 5.32 Å². The Morgan fingerprint density at radius 2 is 1.74 bits per heavy atom. The maximum absolute atomic E-state index is 6.62. The van der Waals surface area contributed by atoms with Crippen molar-refractivity contribution in [3.63, 3.8) is 0 Å². The number of nitrogens with one attached hydrogen (secondary N) is 1. The maximum atomic E-state index is 6.62. The Morgan fingerprint density at radius 1 is 1.09 bits per heavy atom. The Morgan fingerprint density at radius 3 is 2.35 bits per heavy atom. The first-order valence-corrected chi connectivity index (χ1v) is 8.85. The van der Waals surface area contributed by atoms with Crippen molar-refractivity contribution in [2.45, 2.75) is 45.1 Å². The van der Waals surface area contributed by atoms with Crippen LogP contribution in [-0.2, 0) is 0 Å². The maximum Gasteiger partial charge on any atom is 0.0456 e. The van der Waals surface area contributed by atoms with Crippen LogP contribution in [0.4, 0.5) is 0 Å². The van der Waals surface area contributed by atoms with Crippen LogP contribution in [0.15, 0.2) is 18.2 Å². The minimum Gasteiger partial charge on any atom is -0.314 e. The van der Waals surface area contributed by atoms with Crippen LogP contribution in [0.2, 0.25) is 5.02 Å². The van der Waals surface area contributed by atoms with Gasteiger partial charge in [-0.2, -0.15) is 0 Å². The minimum atomic E-state index is 0. The molecule has 1 saturated carbocycles. The lowest BCUT2D eigenvalue weighted by Gasteiger charge is -2.42. The van der Waals surface area contributed by atoms with E-state index >= 15 is 0 Å². The molecule has 1 aliphatic heterocycles. The van der Waals surface area contributed by atoms with Gasteiger partial charge in [0.05, 0.1) is 0 Å². The summed E-state index contributed by atoms with van der Waals surface area (Å²) in [4.78, 5) is 2.68. The van der Waals surface area contributed by atoms with Gasteiger partial charge in [0.25, 0.3) is 0 Å². The molecule has 132 valence electrons. The van der Waals surface area contributed by atoms with Gasteiger partial charge < -0.3 is 5.32 Å². The minimum absolute atomic E-state index is 0. The molecule has 1 N–H and O–H groups in total. The fourth-order valence-corrected chi connectivity index (χ4v) is 4.48. The van der Waals surface area contributed by atoms with Gasteiger partial charge in [-0.25, -0.2) is 0 Å². The molecule has 0 aromatic heterocycles. The molecule has 0 radical (unpaired) electrons. The van der Waals surface area contributed by atoms with E-state index in [0.29, 0.717) is 6.04 Å². The number of hydrogen-bond acceptors (Lipinski definition) is 2. The van der Waals surface area contributed by atoms with Gasteiger partial charge in [0, 0.05) is 37.2 Å². The molecule has 3 rings (SSSR count). The molecule has 1 saturated heterocycles. The van der Waals surface area contributed by atoms with Gasteiger partial charge in [-0.05, 0) is 42.9 Å². The second kappa shape index (κ2) is 10.1. The first-order chi connectivity index (χ1) is 10.3. The van der Waals surface area contributed by atoms with E-state index in [1.165, 1.54) is 43.2 Å². The number of nitrogens with zero attached hydrogens (tertiary/aromatic N) is 1. The molecule has 1 atom stereocenters. The Balaban J connectivity index is 0.00000132. The van der Waals surface area contributed by atoms with Crippen LogP contribution in [0, 0.1) is 12.8 Å². The van der Waals surface area contributed by atoms with E-state index < -0.39 is 0 Å². The van der Waals surface area contributed by atoms with Gasteiger partial charge in [-0.3, -0.25) is 4.90 Å². The highest BCUT2D eigenvalue weighted by Gasteiger charge is 2.32. The number of hydrogen-bond donors (Lipinski definition) is 1. The summed E-state index contributed by atoms with van der Waals surface area (Å²) in [6.45, 7) is 6.72. The quantitative estimate of drug-likeness (QED) is 0.793. The molecule has 1 aliphatic carbocycles. The molecule has 0 amide bonds. The topological polar surface area (TPSA) is 15.3 Å². The molecule has 1 aromatic carbocycles. The first kappa shape index (κ1) is 21.1. The summed E-state index contributed by atoms with van der Waals surface area (Å²) in [6, 6.07) is 6.89. The summed E-state index contributed by atoms with van der Waals surface area (Å²) < 4.78 is 0. The largest absolute Gasteiger partial charge is 0.314 e. The molecule has 2 nitrogen and oxygen atoms in total. The molecule has 5 heteroatoms. The highest BCUT2D eigenvalue weighted by atomic mass is 35.5. The second-order valence-corrected chi connectivity index (χ2v) is 7.01. The molecule has 1 aromatic rings. The molecular weight excluding hydrogens is 351 g/mol. The van der Waals surface area contributed by atoms with Gasteiger partial charge in [0.15, 0.2) is 0 Å². The van der Waals surface area contributed by atoms with Gasteiger partial charge in [-0.1, -0.05) is 43.0 Å². The smallest absolute Gasteiger partial charge is 0.0456 e. The van der Waals surface area contributed by atoms with Crippen LogP contribution in [-0.4, -0.2) is 31.1 Å². The number of benzene rings is 1. The molecule has 0 bridgehead atoms. The Hall–Kier alpha value is 0.01000. The lowest BCUT2D eigenvalue weighted by Crippen LogP contribution is -2.47. The number of aryl methyl sites for hydroxylation is 1. The van der Waals surface area contributed by atoms with Crippen molar-refractivity contribution in [1.82, 2.24) is 10.2 Å². The summed E-state index contributed by atoms with van der Waals surface area (Å²) in [5, 5.41) is 4.44. The summed E-state index contributed by atoms with van der Waals surface area (Å²) in [5.41, 5.74) is 2.75. The van der Waals surface area contributed by atoms with Crippen molar-refractivity contribution in [1.29, 1.82) is 0 Å². The van der Waals surface area contributed by atoms with E-state index in [2.05, 4.69) is 35.3 Å². The molecule has 0 unspecified atom stereocenters. The van der Waals surface area contributed by atoms with E-state index in [0.717, 1.165) is 37.1 Å². The van der Waals surface area contributed by atoms with E-state index in [9.17, 15) is 0 Å². The predicted molar refractivity (Wildman–Crippen MR) is 104 cm³/mol.